The van der Waals surface area contributed by atoms with Gasteiger partial charge in [-0.05, 0) is 36.2 Å². The summed E-state index contributed by atoms with van der Waals surface area (Å²) in [6.45, 7) is 0.717. The summed E-state index contributed by atoms with van der Waals surface area (Å²) in [6.07, 6.45) is 0.600. The van der Waals surface area contributed by atoms with Crippen molar-refractivity contribution in [3.05, 3.63) is 64.6 Å². The summed E-state index contributed by atoms with van der Waals surface area (Å²) >= 11 is 0. The molecular formula is C18H17NO5. The second-order valence-corrected chi connectivity index (χ2v) is 5.37. The quantitative estimate of drug-likeness (QED) is 0.721. The molecule has 0 bridgehead atoms. The minimum atomic E-state index is -0.812. The lowest BCUT2D eigenvalue weighted by atomic mass is 10.1. The second-order valence-electron chi connectivity index (χ2n) is 5.37. The Bertz CT molecular complexity index is 892. The molecule has 0 aliphatic rings. The summed E-state index contributed by atoms with van der Waals surface area (Å²) in [7, 11) is 0. The minimum Gasteiger partial charge on any atom is -0.492 e. The molecule has 0 saturated heterocycles. The lowest BCUT2D eigenvalue weighted by molar-refractivity contribution is -0.136. The molecule has 1 N–H and O–H groups in total. The Hall–Kier alpha value is -3.02. The smallest absolute Gasteiger partial charge is 0.420 e. The minimum absolute atomic E-state index is 0.108. The summed E-state index contributed by atoms with van der Waals surface area (Å²) in [4.78, 5) is 22.4. The number of aliphatic carboxylic acids is 1. The van der Waals surface area contributed by atoms with Crippen LogP contribution in [0.1, 0.15) is 12.0 Å². The fourth-order valence-corrected chi connectivity index (χ4v) is 2.48. The molecule has 0 radical (unpaired) electrons. The number of aromatic nitrogens is 1. The predicted molar refractivity (Wildman–Crippen MR) is 88.4 cm³/mol. The van der Waals surface area contributed by atoms with Crippen molar-refractivity contribution in [1.82, 2.24) is 4.57 Å². The van der Waals surface area contributed by atoms with Crippen molar-refractivity contribution < 1.29 is 19.1 Å². The molecule has 3 aromatic rings. The Morgan fingerprint density at radius 1 is 1.12 bits per heavy atom. The van der Waals surface area contributed by atoms with Gasteiger partial charge in [-0.1, -0.05) is 24.3 Å². The third kappa shape index (κ3) is 3.65. The Morgan fingerprint density at radius 2 is 1.88 bits per heavy atom. The predicted octanol–water partition coefficient (Wildman–Crippen LogP) is 2.69. The number of aryl methyl sites for hydroxylation is 1. The number of carboxylic acid groups (broad SMARTS) is 1. The van der Waals surface area contributed by atoms with Crippen molar-refractivity contribution in [2.75, 3.05) is 6.61 Å². The fraction of sp³-hybridized carbons (Fsp3) is 0.222. The van der Waals surface area contributed by atoms with E-state index in [1.165, 1.54) is 4.57 Å². The Balaban J connectivity index is 1.59. The number of para-hydroxylation sites is 2. The van der Waals surface area contributed by atoms with Gasteiger partial charge in [0.25, 0.3) is 0 Å². The van der Waals surface area contributed by atoms with E-state index in [0.29, 0.717) is 30.9 Å². The highest BCUT2D eigenvalue weighted by atomic mass is 16.5. The molecule has 0 amide bonds. The fourth-order valence-electron chi connectivity index (χ4n) is 2.48. The topological polar surface area (TPSA) is 81.7 Å². The van der Waals surface area contributed by atoms with Crippen LogP contribution in [0.4, 0.5) is 0 Å². The standard InChI is InChI=1S/C18H17NO5/c20-17(21)10-7-13-5-8-14(9-6-13)23-12-11-19-15-3-1-2-4-16(15)24-18(19)22/h1-6,8-9H,7,10-12H2,(H,20,21). The number of ether oxygens (including phenoxy) is 1. The van der Waals surface area contributed by atoms with Gasteiger partial charge < -0.3 is 14.3 Å². The Labute approximate surface area is 137 Å². The number of rotatable bonds is 7. The first kappa shape index (κ1) is 15.9. The van der Waals surface area contributed by atoms with Crippen LogP contribution in [0.15, 0.2) is 57.7 Å². The van der Waals surface area contributed by atoms with Gasteiger partial charge in [0.05, 0.1) is 12.1 Å². The van der Waals surface area contributed by atoms with Crippen LogP contribution in [0.3, 0.4) is 0 Å². The lowest BCUT2D eigenvalue weighted by Crippen LogP contribution is -2.18. The molecule has 6 heteroatoms. The van der Waals surface area contributed by atoms with Gasteiger partial charge in [-0.3, -0.25) is 9.36 Å². The van der Waals surface area contributed by atoms with Gasteiger partial charge in [0.15, 0.2) is 5.58 Å². The van der Waals surface area contributed by atoms with Crippen molar-refractivity contribution in [2.24, 2.45) is 0 Å². The highest BCUT2D eigenvalue weighted by Crippen LogP contribution is 2.15. The van der Waals surface area contributed by atoms with Gasteiger partial charge in [0, 0.05) is 6.42 Å². The number of carbonyl (C=O) groups is 1. The number of carboxylic acids is 1. The second kappa shape index (κ2) is 7.04. The molecule has 1 aromatic heterocycles. The molecule has 0 unspecified atom stereocenters. The van der Waals surface area contributed by atoms with E-state index in [2.05, 4.69) is 0 Å². The first-order valence-corrected chi connectivity index (χ1v) is 7.65. The van der Waals surface area contributed by atoms with E-state index in [0.717, 1.165) is 11.1 Å². The summed E-state index contributed by atoms with van der Waals surface area (Å²) in [5.74, 6) is -0.535. The van der Waals surface area contributed by atoms with Gasteiger partial charge in [-0.2, -0.15) is 0 Å². The number of oxazole rings is 1. The molecule has 0 fully saturated rings. The molecule has 0 atom stereocenters. The summed E-state index contributed by atoms with van der Waals surface area (Å²) in [5.41, 5.74) is 2.25. The van der Waals surface area contributed by atoms with Crippen LogP contribution in [0, 0.1) is 0 Å². The van der Waals surface area contributed by atoms with Crippen LogP contribution in [0.5, 0.6) is 5.75 Å². The third-order valence-corrected chi connectivity index (χ3v) is 3.71. The SMILES string of the molecule is O=C(O)CCc1ccc(OCCn2c(=O)oc3ccccc32)cc1. The molecular weight excluding hydrogens is 310 g/mol. The lowest BCUT2D eigenvalue weighted by Gasteiger charge is -2.07. The van der Waals surface area contributed by atoms with Crippen molar-refractivity contribution in [1.29, 1.82) is 0 Å². The van der Waals surface area contributed by atoms with E-state index >= 15 is 0 Å². The Kier molecular flexibility index (Phi) is 4.65. The van der Waals surface area contributed by atoms with Crippen LogP contribution in [0.2, 0.25) is 0 Å². The van der Waals surface area contributed by atoms with Crippen molar-refractivity contribution in [3.63, 3.8) is 0 Å². The summed E-state index contributed by atoms with van der Waals surface area (Å²) < 4.78 is 12.4. The maximum Gasteiger partial charge on any atom is 0.420 e. The zero-order chi connectivity index (χ0) is 16.9. The molecule has 124 valence electrons. The molecule has 2 aromatic carbocycles. The van der Waals surface area contributed by atoms with E-state index in [9.17, 15) is 9.59 Å². The molecule has 0 aliphatic carbocycles. The number of benzene rings is 2. The van der Waals surface area contributed by atoms with E-state index in [1.807, 2.05) is 30.3 Å². The molecule has 1 heterocycles. The van der Waals surface area contributed by atoms with Gasteiger partial charge in [0.1, 0.15) is 12.4 Å². The monoisotopic (exact) mass is 327 g/mol. The van der Waals surface area contributed by atoms with Crippen LogP contribution < -0.4 is 10.5 Å². The van der Waals surface area contributed by atoms with Crippen molar-refractivity contribution >= 4 is 17.1 Å². The highest BCUT2D eigenvalue weighted by molar-refractivity contribution is 5.72. The van der Waals surface area contributed by atoms with E-state index in [4.69, 9.17) is 14.3 Å². The maximum atomic E-state index is 11.8. The van der Waals surface area contributed by atoms with Crippen LogP contribution in [-0.2, 0) is 17.8 Å². The van der Waals surface area contributed by atoms with Gasteiger partial charge in [-0.15, -0.1) is 0 Å². The van der Waals surface area contributed by atoms with Crippen molar-refractivity contribution in [2.45, 2.75) is 19.4 Å². The van der Waals surface area contributed by atoms with Crippen LogP contribution in [0.25, 0.3) is 11.1 Å². The van der Waals surface area contributed by atoms with Crippen LogP contribution >= 0.6 is 0 Å². The first-order valence-electron chi connectivity index (χ1n) is 7.65. The zero-order valence-corrected chi connectivity index (χ0v) is 13.0. The zero-order valence-electron chi connectivity index (χ0n) is 13.0. The average Bonchev–Trinajstić information content (AvgIpc) is 2.90. The third-order valence-electron chi connectivity index (χ3n) is 3.71. The van der Waals surface area contributed by atoms with E-state index in [1.54, 1.807) is 18.2 Å². The number of nitrogens with zero attached hydrogens (tertiary/aromatic N) is 1. The normalized spacial score (nSPS) is 10.8. The summed E-state index contributed by atoms with van der Waals surface area (Å²) in [6, 6.07) is 14.5. The molecule has 0 spiro atoms. The highest BCUT2D eigenvalue weighted by Gasteiger charge is 2.08. The largest absolute Gasteiger partial charge is 0.492 e. The van der Waals surface area contributed by atoms with Crippen molar-refractivity contribution in [3.8, 4) is 5.75 Å². The van der Waals surface area contributed by atoms with E-state index < -0.39 is 11.7 Å². The average molecular weight is 327 g/mol. The van der Waals surface area contributed by atoms with Crippen LogP contribution in [-0.4, -0.2) is 22.2 Å². The number of hydrogen-bond acceptors (Lipinski definition) is 4. The molecule has 6 nitrogen and oxygen atoms in total. The van der Waals surface area contributed by atoms with Gasteiger partial charge >= 0.3 is 11.7 Å². The van der Waals surface area contributed by atoms with Gasteiger partial charge in [0.2, 0.25) is 0 Å². The molecule has 3 rings (SSSR count). The first-order chi connectivity index (χ1) is 11.6. The molecule has 24 heavy (non-hydrogen) atoms. The number of hydrogen-bond donors (Lipinski definition) is 1. The Morgan fingerprint density at radius 3 is 2.62 bits per heavy atom. The van der Waals surface area contributed by atoms with Gasteiger partial charge in [-0.25, -0.2) is 4.79 Å². The maximum absolute atomic E-state index is 11.8. The number of fused-ring (bicyclic) bond motifs is 1. The molecule has 0 saturated carbocycles. The summed E-state index contributed by atoms with van der Waals surface area (Å²) in [5, 5.41) is 8.67. The molecule has 0 aliphatic heterocycles. The van der Waals surface area contributed by atoms with E-state index in [-0.39, 0.29) is 6.42 Å².